The summed E-state index contributed by atoms with van der Waals surface area (Å²) in [6.45, 7) is 4.16. The highest BCUT2D eigenvalue weighted by Gasteiger charge is 2.26. The van der Waals surface area contributed by atoms with Gasteiger partial charge in [0, 0.05) is 0 Å². The Labute approximate surface area is 57.1 Å². The molecule has 0 aromatic heterocycles. The standard InChI is InChI=1S/C8H16O/c1-7-4-3-5-8(2,9)6-7/h7,9H,3-6H2,1-2H3/t7-,8-/m0/s1. The van der Waals surface area contributed by atoms with Crippen molar-refractivity contribution < 1.29 is 5.11 Å². The summed E-state index contributed by atoms with van der Waals surface area (Å²) >= 11 is 0. The van der Waals surface area contributed by atoms with Crippen LogP contribution in [0.5, 0.6) is 0 Å². The second kappa shape index (κ2) is 2.30. The van der Waals surface area contributed by atoms with Gasteiger partial charge >= 0.3 is 0 Å². The molecule has 0 bridgehead atoms. The van der Waals surface area contributed by atoms with E-state index in [0.717, 1.165) is 18.8 Å². The van der Waals surface area contributed by atoms with Gasteiger partial charge in [-0.15, -0.1) is 0 Å². The van der Waals surface area contributed by atoms with Crippen molar-refractivity contribution in [1.29, 1.82) is 0 Å². The van der Waals surface area contributed by atoms with Crippen LogP contribution in [-0.2, 0) is 0 Å². The average molecular weight is 128 g/mol. The van der Waals surface area contributed by atoms with Crippen LogP contribution in [0.1, 0.15) is 39.5 Å². The number of hydrogen-bond donors (Lipinski definition) is 1. The summed E-state index contributed by atoms with van der Waals surface area (Å²) in [6.07, 6.45) is 4.49. The van der Waals surface area contributed by atoms with Gasteiger partial charge in [0.15, 0.2) is 0 Å². The minimum Gasteiger partial charge on any atom is -0.390 e. The van der Waals surface area contributed by atoms with Crippen LogP contribution in [0.25, 0.3) is 0 Å². The average Bonchev–Trinajstić information content (AvgIpc) is 1.60. The van der Waals surface area contributed by atoms with Crippen molar-refractivity contribution >= 4 is 0 Å². The third-order valence-corrected chi connectivity index (χ3v) is 2.20. The molecule has 1 heteroatoms. The topological polar surface area (TPSA) is 20.2 Å². The Kier molecular flexibility index (Phi) is 1.80. The lowest BCUT2D eigenvalue weighted by Crippen LogP contribution is -2.30. The molecule has 9 heavy (non-hydrogen) atoms. The molecule has 1 rings (SSSR count). The minimum absolute atomic E-state index is 0.350. The molecular formula is C8H16O. The minimum atomic E-state index is -0.350. The van der Waals surface area contributed by atoms with Gasteiger partial charge in [-0.2, -0.15) is 0 Å². The van der Waals surface area contributed by atoms with Crippen molar-refractivity contribution in [3.05, 3.63) is 0 Å². The SMILES string of the molecule is C[C@H]1CCC[C@](C)(O)C1. The Morgan fingerprint density at radius 3 is 2.56 bits per heavy atom. The van der Waals surface area contributed by atoms with Crippen LogP contribution in [0.4, 0.5) is 0 Å². The fraction of sp³-hybridized carbons (Fsp3) is 1.00. The van der Waals surface area contributed by atoms with Crippen LogP contribution >= 0.6 is 0 Å². The van der Waals surface area contributed by atoms with E-state index in [1.165, 1.54) is 12.8 Å². The fourth-order valence-corrected chi connectivity index (χ4v) is 1.79. The molecule has 1 aliphatic carbocycles. The van der Waals surface area contributed by atoms with Gasteiger partial charge in [0.25, 0.3) is 0 Å². The quantitative estimate of drug-likeness (QED) is 0.528. The van der Waals surface area contributed by atoms with Crippen molar-refractivity contribution in [1.82, 2.24) is 0 Å². The van der Waals surface area contributed by atoms with E-state index in [-0.39, 0.29) is 5.60 Å². The molecule has 1 N–H and O–H groups in total. The van der Waals surface area contributed by atoms with E-state index in [0.29, 0.717) is 0 Å². The Bertz CT molecular complexity index is 96.7. The molecule has 1 nitrogen and oxygen atoms in total. The molecular weight excluding hydrogens is 112 g/mol. The summed E-state index contributed by atoms with van der Waals surface area (Å²) in [5, 5.41) is 9.54. The maximum Gasteiger partial charge on any atom is 0.0622 e. The molecule has 0 heterocycles. The fourth-order valence-electron chi connectivity index (χ4n) is 1.79. The summed E-state index contributed by atoms with van der Waals surface area (Å²) in [5.74, 6) is 0.730. The van der Waals surface area contributed by atoms with Gasteiger partial charge in [0.2, 0.25) is 0 Å². The van der Waals surface area contributed by atoms with Crippen LogP contribution in [-0.4, -0.2) is 10.7 Å². The summed E-state index contributed by atoms with van der Waals surface area (Å²) < 4.78 is 0. The molecule has 1 saturated carbocycles. The highest BCUT2D eigenvalue weighted by atomic mass is 16.3. The van der Waals surface area contributed by atoms with E-state index in [1.54, 1.807) is 0 Å². The summed E-state index contributed by atoms with van der Waals surface area (Å²) in [5.41, 5.74) is -0.350. The normalized spacial score (nSPS) is 45.0. The van der Waals surface area contributed by atoms with Crippen LogP contribution in [0, 0.1) is 5.92 Å². The molecule has 0 amide bonds. The first-order chi connectivity index (χ1) is 4.10. The smallest absolute Gasteiger partial charge is 0.0622 e. The zero-order valence-electron chi connectivity index (χ0n) is 6.35. The first-order valence-corrected chi connectivity index (χ1v) is 3.82. The van der Waals surface area contributed by atoms with Crippen LogP contribution < -0.4 is 0 Å². The molecule has 0 unspecified atom stereocenters. The maximum absolute atomic E-state index is 9.54. The lowest BCUT2D eigenvalue weighted by molar-refractivity contribution is 0.00461. The highest BCUT2D eigenvalue weighted by Crippen LogP contribution is 2.31. The summed E-state index contributed by atoms with van der Waals surface area (Å²) in [4.78, 5) is 0. The third kappa shape index (κ3) is 1.98. The molecule has 0 spiro atoms. The van der Waals surface area contributed by atoms with Gasteiger partial charge in [0.05, 0.1) is 5.60 Å². The van der Waals surface area contributed by atoms with Gasteiger partial charge in [0.1, 0.15) is 0 Å². The Hall–Kier alpha value is -0.0400. The monoisotopic (exact) mass is 128 g/mol. The third-order valence-electron chi connectivity index (χ3n) is 2.20. The second-order valence-corrected chi connectivity index (χ2v) is 3.70. The summed E-state index contributed by atoms with van der Waals surface area (Å²) in [6, 6.07) is 0. The zero-order chi connectivity index (χ0) is 6.91. The molecule has 0 radical (unpaired) electrons. The van der Waals surface area contributed by atoms with Crippen molar-refractivity contribution in [3.8, 4) is 0 Å². The second-order valence-electron chi connectivity index (χ2n) is 3.70. The van der Waals surface area contributed by atoms with Gasteiger partial charge in [-0.25, -0.2) is 0 Å². The van der Waals surface area contributed by atoms with Crippen molar-refractivity contribution in [2.45, 2.75) is 45.1 Å². The van der Waals surface area contributed by atoms with Gasteiger partial charge < -0.3 is 5.11 Å². The molecule has 0 aromatic carbocycles. The zero-order valence-corrected chi connectivity index (χ0v) is 6.35. The number of aliphatic hydroxyl groups is 1. The highest BCUT2D eigenvalue weighted by molar-refractivity contribution is 4.79. The van der Waals surface area contributed by atoms with Gasteiger partial charge in [-0.05, 0) is 25.7 Å². The largest absolute Gasteiger partial charge is 0.390 e. The Morgan fingerprint density at radius 2 is 2.22 bits per heavy atom. The van der Waals surface area contributed by atoms with E-state index < -0.39 is 0 Å². The van der Waals surface area contributed by atoms with E-state index in [2.05, 4.69) is 6.92 Å². The van der Waals surface area contributed by atoms with Crippen LogP contribution in [0.3, 0.4) is 0 Å². The Balaban J connectivity index is 2.41. The predicted octanol–water partition coefficient (Wildman–Crippen LogP) is 1.95. The first kappa shape index (κ1) is 7.07. The van der Waals surface area contributed by atoms with E-state index >= 15 is 0 Å². The molecule has 0 aromatic rings. The van der Waals surface area contributed by atoms with Gasteiger partial charge in [-0.3, -0.25) is 0 Å². The van der Waals surface area contributed by atoms with Crippen molar-refractivity contribution in [3.63, 3.8) is 0 Å². The van der Waals surface area contributed by atoms with Crippen molar-refractivity contribution in [2.24, 2.45) is 5.92 Å². The lowest BCUT2D eigenvalue weighted by atomic mass is 9.80. The molecule has 0 saturated heterocycles. The van der Waals surface area contributed by atoms with E-state index in [1.807, 2.05) is 6.92 Å². The Morgan fingerprint density at radius 1 is 1.56 bits per heavy atom. The number of rotatable bonds is 0. The van der Waals surface area contributed by atoms with Crippen LogP contribution in [0.15, 0.2) is 0 Å². The molecule has 1 fully saturated rings. The maximum atomic E-state index is 9.54. The molecule has 54 valence electrons. The molecule has 1 aliphatic rings. The lowest BCUT2D eigenvalue weighted by Gasteiger charge is -2.31. The van der Waals surface area contributed by atoms with Crippen LogP contribution in [0.2, 0.25) is 0 Å². The first-order valence-electron chi connectivity index (χ1n) is 3.82. The molecule has 0 aliphatic heterocycles. The van der Waals surface area contributed by atoms with E-state index in [4.69, 9.17) is 0 Å². The predicted molar refractivity (Wildman–Crippen MR) is 38.3 cm³/mol. The molecule has 2 atom stereocenters. The van der Waals surface area contributed by atoms with Crippen molar-refractivity contribution in [2.75, 3.05) is 0 Å². The number of hydrogen-bond acceptors (Lipinski definition) is 1. The summed E-state index contributed by atoms with van der Waals surface area (Å²) in [7, 11) is 0. The van der Waals surface area contributed by atoms with E-state index in [9.17, 15) is 5.11 Å². The van der Waals surface area contributed by atoms with Gasteiger partial charge in [-0.1, -0.05) is 19.8 Å².